The number of ether oxygens (including phenoxy) is 1. The minimum atomic E-state index is -0.404. The predicted molar refractivity (Wildman–Crippen MR) is 115 cm³/mol. The van der Waals surface area contributed by atoms with E-state index in [2.05, 4.69) is 4.98 Å². The first-order chi connectivity index (χ1) is 14.5. The predicted octanol–water partition coefficient (Wildman–Crippen LogP) is 4.89. The number of esters is 1. The van der Waals surface area contributed by atoms with E-state index < -0.39 is 5.97 Å². The molecule has 2 heterocycles. The Hall–Kier alpha value is -3.52. The number of halogens is 1. The van der Waals surface area contributed by atoms with Gasteiger partial charge < -0.3 is 14.7 Å². The lowest BCUT2D eigenvalue weighted by atomic mass is 10.2. The Labute approximate surface area is 176 Å². The van der Waals surface area contributed by atoms with E-state index in [9.17, 15) is 14.3 Å². The van der Waals surface area contributed by atoms with E-state index in [0.717, 1.165) is 5.56 Å². The zero-order valence-electron chi connectivity index (χ0n) is 16.1. The summed E-state index contributed by atoms with van der Waals surface area (Å²) in [5, 5.41) is 21.4. The van der Waals surface area contributed by atoms with Crippen molar-refractivity contribution in [3.8, 4) is 11.3 Å². The number of nitrogens with one attached hydrogen (secondary N) is 1. The molecule has 1 aliphatic heterocycles. The molecule has 0 spiro atoms. The molecule has 0 saturated carbocycles. The summed E-state index contributed by atoms with van der Waals surface area (Å²) in [6.45, 7) is 2.18. The maximum Gasteiger partial charge on any atom is 0.338 e. The average Bonchev–Trinajstić information content (AvgIpc) is 3.33. The lowest BCUT2D eigenvalue weighted by molar-refractivity contribution is 0.0526. The Kier molecular flexibility index (Phi) is 5.33. The van der Waals surface area contributed by atoms with Crippen LogP contribution in [0.25, 0.3) is 16.8 Å². The number of nitrogens with zero attached hydrogens (tertiary/aromatic N) is 2. The molecule has 2 aromatic carbocycles. The van der Waals surface area contributed by atoms with Gasteiger partial charge in [-0.1, -0.05) is 0 Å². The van der Waals surface area contributed by atoms with Crippen LogP contribution in [0.4, 0.5) is 10.1 Å². The smallest absolute Gasteiger partial charge is 0.338 e. The van der Waals surface area contributed by atoms with Crippen molar-refractivity contribution in [3.63, 3.8) is 0 Å². The van der Waals surface area contributed by atoms with Crippen LogP contribution < -0.4 is 4.90 Å². The summed E-state index contributed by atoms with van der Waals surface area (Å²) in [5.41, 5.74) is 2.87. The quantitative estimate of drug-likeness (QED) is 0.571. The summed E-state index contributed by atoms with van der Waals surface area (Å²) in [6.07, 6.45) is 0. The van der Waals surface area contributed by atoms with Crippen molar-refractivity contribution >= 4 is 34.4 Å². The lowest BCUT2D eigenvalue weighted by Crippen LogP contribution is -2.26. The van der Waals surface area contributed by atoms with Crippen LogP contribution in [0.1, 0.15) is 22.3 Å². The fraction of sp³-hybridized carbons (Fsp3) is 0.136. The molecule has 4 rings (SSSR count). The standard InChI is InChI=1S/C22H18FN3O3S/c1-2-29-22(28)14-5-9-16(10-6-14)26-11-18(27)19(20(26)24)21-25-17(12-30-21)13-3-7-15(23)8-4-13/h3-10,12,24,27H,2,11H2,1H3. The first-order valence-corrected chi connectivity index (χ1v) is 10.1. The van der Waals surface area contributed by atoms with Gasteiger partial charge in [-0.2, -0.15) is 0 Å². The van der Waals surface area contributed by atoms with Gasteiger partial charge in [-0.25, -0.2) is 14.2 Å². The Balaban J connectivity index is 1.56. The molecule has 8 heteroatoms. The highest BCUT2D eigenvalue weighted by Gasteiger charge is 2.31. The molecular weight excluding hydrogens is 405 g/mol. The van der Waals surface area contributed by atoms with Crippen molar-refractivity contribution in [1.82, 2.24) is 4.98 Å². The minimum absolute atomic E-state index is 0.0504. The van der Waals surface area contributed by atoms with Crippen LogP contribution in [-0.4, -0.2) is 35.0 Å². The molecule has 0 radical (unpaired) electrons. The second kappa shape index (κ2) is 8.08. The number of rotatable bonds is 5. The Morgan fingerprint density at radius 1 is 1.23 bits per heavy atom. The first-order valence-electron chi connectivity index (χ1n) is 9.25. The fourth-order valence-corrected chi connectivity index (χ4v) is 4.05. The molecule has 0 unspecified atom stereocenters. The SMILES string of the molecule is CCOC(=O)c1ccc(N2CC(O)=C(c3nc(-c4ccc(F)cc4)cs3)C2=N)cc1. The highest BCUT2D eigenvalue weighted by atomic mass is 32.1. The second-order valence-corrected chi connectivity index (χ2v) is 7.43. The van der Waals surface area contributed by atoms with Crippen LogP contribution in [0.15, 0.2) is 59.7 Å². The third-order valence-electron chi connectivity index (χ3n) is 4.65. The van der Waals surface area contributed by atoms with E-state index >= 15 is 0 Å². The summed E-state index contributed by atoms with van der Waals surface area (Å²) in [6, 6.07) is 12.7. The fourth-order valence-electron chi connectivity index (χ4n) is 3.16. The summed E-state index contributed by atoms with van der Waals surface area (Å²) in [7, 11) is 0. The maximum atomic E-state index is 13.2. The molecule has 0 atom stereocenters. The largest absolute Gasteiger partial charge is 0.510 e. The van der Waals surface area contributed by atoms with Crippen LogP contribution in [0.5, 0.6) is 0 Å². The van der Waals surface area contributed by atoms with Gasteiger partial charge in [0.05, 0.1) is 30.0 Å². The molecular formula is C22H18FN3O3S. The molecule has 3 aromatic rings. The summed E-state index contributed by atoms with van der Waals surface area (Å²) < 4.78 is 18.1. The number of aromatic nitrogens is 1. The minimum Gasteiger partial charge on any atom is -0.510 e. The van der Waals surface area contributed by atoms with Crippen molar-refractivity contribution in [2.75, 3.05) is 18.1 Å². The summed E-state index contributed by atoms with van der Waals surface area (Å²) >= 11 is 1.31. The van der Waals surface area contributed by atoms with Crippen LogP contribution in [0.2, 0.25) is 0 Å². The molecule has 2 N–H and O–H groups in total. The van der Waals surface area contributed by atoms with Crippen LogP contribution in [0.3, 0.4) is 0 Å². The zero-order valence-corrected chi connectivity index (χ0v) is 16.9. The van der Waals surface area contributed by atoms with E-state index in [4.69, 9.17) is 10.1 Å². The monoisotopic (exact) mass is 423 g/mol. The van der Waals surface area contributed by atoms with E-state index in [1.165, 1.54) is 23.5 Å². The molecule has 1 aromatic heterocycles. The van der Waals surface area contributed by atoms with E-state index in [-0.39, 0.29) is 24.0 Å². The van der Waals surface area contributed by atoms with Gasteiger partial charge in [0.1, 0.15) is 22.4 Å². The Morgan fingerprint density at radius 3 is 2.60 bits per heavy atom. The third kappa shape index (κ3) is 3.69. The van der Waals surface area contributed by atoms with Crippen molar-refractivity contribution in [3.05, 3.63) is 76.1 Å². The van der Waals surface area contributed by atoms with E-state index in [0.29, 0.717) is 34.1 Å². The summed E-state index contributed by atoms with van der Waals surface area (Å²) in [5.74, 6) is -0.555. The topological polar surface area (TPSA) is 86.5 Å². The van der Waals surface area contributed by atoms with Gasteiger partial charge in [0.15, 0.2) is 0 Å². The second-order valence-electron chi connectivity index (χ2n) is 6.57. The number of carbonyl (C=O) groups is 1. The van der Waals surface area contributed by atoms with Crippen LogP contribution >= 0.6 is 11.3 Å². The molecule has 0 saturated heterocycles. The van der Waals surface area contributed by atoms with Crippen molar-refractivity contribution in [1.29, 1.82) is 5.41 Å². The Bertz CT molecular complexity index is 1140. The number of benzene rings is 2. The molecule has 0 fully saturated rings. The van der Waals surface area contributed by atoms with Crippen molar-refractivity contribution in [2.24, 2.45) is 0 Å². The van der Waals surface area contributed by atoms with Crippen molar-refractivity contribution in [2.45, 2.75) is 6.92 Å². The molecule has 152 valence electrons. The van der Waals surface area contributed by atoms with E-state index in [1.54, 1.807) is 48.2 Å². The molecule has 0 aliphatic carbocycles. The number of hydrogen-bond acceptors (Lipinski definition) is 6. The molecule has 0 amide bonds. The van der Waals surface area contributed by atoms with E-state index in [1.807, 2.05) is 5.38 Å². The normalized spacial score (nSPS) is 13.8. The number of amidine groups is 1. The average molecular weight is 423 g/mol. The first kappa shape index (κ1) is 19.8. The van der Waals surface area contributed by atoms with Gasteiger partial charge in [-0.05, 0) is 55.5 Å². The van der Waals surface area contributed by atoms with Gasteiger partial charge in [0.25, 0.3) is 0 Å². The lowest BCUT2D eigenvalue weighted by Gasteiger charge is -2.18. The maximum absolute atomic E-state index is 13.2. The van der Waals surface area contributed by atoms with Gasteiger partial charge in [0, 0.05) is 16.6 Å². The highest BCUT2D eigenvalue weighted by molar-refractivity contribution is 7.11. The molecule has 1 aliphatic rings. The Morgan fingerprint density at radius 2 is 1.93 bits per heavy atom. The zero-order chi connectivity index (χ0) is 21.3. The molecule has 6 nitrogen and oxygen atoms in total. The molecule has 0 bridgehead atoms. The van der Waals surface area contributed by atoms with Gasteiger partial charge in [-0.3, -0.25) is 5.41 Å². The highest BCUT2D eigenvalue weighted by Crippen LogP contribution is 2.34. The van der Waals surface area contributed by atoms with Gasteiger partial charge in [0.2, 0.25) is 0 Å². The van der Waals surface area contributed by atoms with Crippen molar-refractivity contribution < 1.29 is 19.0 Å². The number of aliphatic hydroxyl groups excluding tert-OH is 1. The van der Waals surface area contributed by atoms with Gasteiger partial charge >= 0.3 is 5.97 Å². The van der Waals surface area contributed by atoms with Crippen LogP contribution in [-0.2, 0) is 4.74 Å². The summed E-state index contributed by atoms with van der Waals surface area (Å²) in [4.78, 5) is 18.0. The third-order valence-corrected chi connectivity index (χ3v) is 5.51. The number of anilines is 1. The molecule has 30 heavy (non-hydrogen) atoms. The number of carbonyl (C=O) groups excluding carboxylic acids is 1. The number of hydrogen-bond donors (Lipinski definition) is 2. The number of aliphatic hydroxyl groups is 1. The number of thiazole rings is 1. The van der Waals surface area contributed by atoms with Crippen LogP contribution in [0, 0.1) is 11.2 Å². The van der Waals surface area contributed by atoms with Gasteiger partial charge in [-0.15, -0.1) is 11.3 Å².